The van der Waals surface area contributed by atoms with Crippen LogP contribution in [0.3, 0.4) is 0 Å². The highest BCUT2D eigenvalue weighted by Gasteiger charge is 2.40. The summed E-state index contributed by atoms with van der Waals surface area (Å²) in [5.41, 5.74) is 6.11. The highest BCUT2D eigenvalue weighted by Crippen LogP contribution is 2.38. The number of carboxylic acid groups (broad SMARTS) is 1. The Morgan fingerprint density at radius 1 is 1.10 bits per heavy atom. The lowest BCUT2D eigenvalue weighted by Crippen LogP contribution is -2.30. The maximum atomic E-state index is 14.3. The fraction of sp³-hybridized carbons (Fsp3) is 0.389. The van der Waals surface area contributed by atoms with E-state index in [-0.39, 0.29) is 74.2 Å². The van der Waals surface area contributed by atoms with Gasteiger partial charge in [-0.15, -0.1) is 5.10 Å². The Kier molecular flexibility index (Phi) is 16.4. The Labute approximate surface area is 364 Å². The van der Waals surface area contributed by atoms with E-state index in [2.05, 4.69) is 19.8 Å². The average molecular weight is 953 g/mol. The molecule has 3 heterocycles. The Morgan fingerprint density at radius 2 is 1.75 bits per heavy atom. The molecule has 332 valence electrons. The van der Waals surface area contributed by atoms with Gasteiger partial charge in [-0.25, -0.2) is 14.1 Å². The molecule has 1 aliphatic heterocycles. The number of aromatic nitrogens is 4. The first-order chi connectivity index (χ1) is 28.5. The third kappa shape index (κ3) is 12.4. The van der Waals surface area contributed by atoms with E-state index in [1.807, 2.05) is 0 Å². The number of aliphatic carboxylic acids is 1. The lowest BCUT2D eigenvalue weighted by Gasteiger charge is -2.18. The number of benzene rings is 2. The number of allylic oxidation sites excluding steroid dienone is 1. The molecule has 2 unspecified atom stereocenters. The fourth-order valence-corrected chi connectivity index (χ4v) is 7.94. The van der Waals surface area contributed by atoms with Crippen molar-refractivity contribution >= 4 is 87.3 Å². The zero-order valence-corrected chi connectivity index (χ0v) is 37.4. The number of hydrogen-bond acceptors (Lipinski definition) is 14. The second kappa shape index (κ2) is 20.4. The van der Waals surface area contributed by atoms with Gasteiger partial charge in [0.1, 0.15) is 17.6 Å². The summed E-state index contributed by atoms with van der Waals surface area (Å²) in [5.74, 6) is -2.08. The maximum absolute atomic E-state index is 14.3. The number of cyclic esters (lactones) is 1. The first kappa shape index (κ1) is 48.9. The maximum Gasteiger partial charge on any atom is 0.427 e. The number of nitrogens with zero attached hydrogens (tertiary/aromatic N) is 5. The van der Waals surface area contributed by atoms with Crippen LogP contribution in [-0.4, -0.2) is 95.2 Å². The number of carbonyl (C=O) groups is 3. The van der Waals surface area contributed by atoms with Crippen LogP contribution in [0.15, 0.2) is 46.8 Å². The molecule has 19 nitrogen and oxygen atoms in total. The molecule has 2 fully saturated rings. The number of halogens is 4. The van der Waals surface area contributed by atoms with Crippen LogP contribution in [0, 0.1) is 12.7 Å². The van der Waals surface area contributed by atoms with E-state index in [0.717, 1.165) is 36.3 Å². The third-order valence-electron chi connectivity index (χ3n) is 8.65. The fourth-order valence-electron chi connectivity index (χ4n) is 5.45. The van der Waals surface area contributed by atoms with Gasteiger partial charge in [-0.1, -0.05) is 40.9 Å². The number of sulfonamides is 1. The molecule has 5 N–H and O–H groups in total. The summed E-state index contributed by atoms with van der Waals surface area (Å²) in [6.45, 7) is 6.18. The predicted molar refractivity (Wildman–Crippen MR) is 223 cm³/mol. The van der Waals surface area contributed by atoms with E-state index in [0.29, 0.717) is 16.0 Å². The van der Waals surface area contributed by atoms with Crippen molar-refractivity contribution in [3.63, 3.8) is 0 Å². The summed E-state index contributed by atoms with van der Waals surface area (Å²) in [4.78, 5) is 51.8. The largest absolute Gasteiger partial charge is 0.489 e. The van der Waals surface area contributed by atoms with Crippen LogP contribution >= 0.6 is 42.2 Å². The van der Waals surface area contributed by atoms with E-state index in [9.17, 15) is 31.8 Å². The van der Waals surface area contributed by atoms with Crippen molar-refractivity contribution < 1.29 is 60.7 Å². The molecule has 2 aliphatic rings. The molecule has 0 radical (unpaired) electrons. The van der Waals surface area contributed by atoms with E-state index >= 15 is 0 Å². The number of anilines is 2. The number of carbonyl (C=O) groups excluding carboxylic acids is 2. The molecule has 0 spiro atoms. The zero-order valence-electron chi connectivity index (χ0n) is 33.4. The quantitative estimate of drug-likeness (QED) is 0.0838. The molecule has 2 aromatic heterocycles. The normalized spacial score (nSPS) is 15.5. The topological polar surface area (TPSA) is 264 Å². The molecule has 2 amide bonds. The molecule has 1 aliphatic carbocycles. The Hall–Kier alpha value is -4.76. The van der Waals surface area contributed by atoms with Gasteiger partial charge in [-0.05, 0) is 76.1 Å². The van der Waals surface area contributed by atoms with Crippen LogP contribution < -0.4 is 29.6 Å². The molecule has 1 saturated heterocycles. The van der Waals surface area contributed by atoms with Crippen LogP contribution in [0.1, 0.15) is 51.5 Å². The van der Waals surface area contributed by atoms with Gasteiger partial charge in [-0.3, -0.25) is 18.9 Å². The molecular weight excluding hydrogens is 911 g/mol. The van der Waals surface area contributed by atoms with Crippen LogP contribution in [0.25, 0.3) is 5.78 Å². The van der Waals surface area contributed by atoms with Crippen LogP contribution in [0.4, 0.5) is 20.6 Å². The Balaban J connectivity index is 0.000000218. The van der Waals surface area contributed by atoms with Crippen molar-refractivity contribution in [2.45, 2.75) is 70.2 Å². The second-order valence-electron chi connectivity index (χ2n) is 13.7. The SMILES string of the molecule is CC(C)=C1OC(=O)N(c2cc(OC3CCCC3)c(Cl)cc2F)C1=O.COc1cc(OC)n2nc(S(=O)(=O)Nc3c(Cl)ccc(C)c3Cl)nc2n1.CP(=O)(O)CCC(N)C(=O)O. The summed E-state index contributed by atoms with van der Waals surface area (Å²) in [7, 11) is -4.47. The second-order valence-corrected chi connectivity index (χ2v) is 19.0. The third-order valence-corrected chi connectivity index (χ3v) is 12.0. The van der Waals surface area contributed by atoms with Gasteiger partial charge < -0.3 is 34.7 Å². The Morgan fingerprint density at radius 3 is 2.31 bits per heavy atom. The number of hydrogen-bond donors (Lipinski definition) is 4. The van der Waals surface area contributed by atoms with E-state index in [4.69, 9.17) is 69.5 Å². The van der Waals surface area contributed by atoms with Gasteiger partial charge in [0.05, 0.1) is 52.8 Å². The number of imide groups is 1. The standard InChI is InChI=1S/C17H17ClFNO4.C14H13Cl2N5O4S.C5H12NO4P/c1-9(2)15-16(21)20(17(22)24-15)13-8-14(11(18)7-12(13)19)23-10-5-3-4-6-10;1-7-4-5-8(15)12(11(7)16)20-26(22,23)14-18-13-17-9(24-2)6-10(25-3)21(13)19-14;1-11(9,10)3-2-4(6)5(7)8/h7-8,10H,3-6H2,1-2H3;4-6,20H,1-3H3;4H,2-3,6H2,1H3,(H,7,8)(H,9,10). The number of nitrogens with two attached hydrogens (primary N) is 1. The van der Waals surface area contributed by atoms with Crippen LogP contribution in [-0.2, 0) is 28.9 Å². The summed E-state index contributed by atoms with van der Waals surface area (Å²) in [6.07, 6.45) is 3.00. The highest BCUT2D eigenvalue weighted by atomic mass is 35.5. The molecule has 2 aromatic carbocycles. The summed E-state index contributed by atoms with van der Waals surface area (Å²) >= 11 is 18.3. The molecule has 0 bridgehead atoms. The highest BCUT2D eigenvalue weighted by molar-refractivity contribution is 7.92. The van der Waals surface area contributed by atoms with Crippen molar-refractivity contribution in [1.82, 2.24) is 19.6 Å². The van der Waals surface area contributed by atoms with E-state index in [1.54, 1.807) is 26.8 Å². The minimum Gasteiger partial charge on any atom is -0.489 e. The molecule has 61 heavy (non-hydrogen) atoms. The van der Waals surface area contributed by atoms with Gasteiger partial charge in [-0.2, -0.15) is 22.9 Å². The van der Waals surface area contributed by atoms with Gasteiger partial charge in [0.15, 0.2) is 13.1 Å². The number of aryl methyl sites for hydroxylation is 1. The number of nitrogens with one attached hydrogen (secondary N) is 1. The van der Waals surface area contributed by atoms with Gasteiger partial charge in [0.2, 0.25) is 11.8 Å². The molecule has 25 heteroatoms. The van der Waals surface area contributed by atoms with E-state index in [1.165, 1.54) is 39.1 Å². The molecular formula is C36H42Cl3FN7O12PS. The summed E-state index contributed by atoms with van der Waals surface area (Å²) in [5, 5.41) is 12.1. The lowest BCUT2D eigenvalue weighted by atomic mass is 10.2. The molecule has 1 saturated carbocycles. The average Bonchev–Trinajstić information content (AvgIpc) is 3.94. The van der Waals surface area contributed by atoms with Gasteiger partial charge in [0.25, 0.3) is 21.0 Å². The van der Waals surface area contributed by atoms with Crippen molar-refractivity contribution in [2.75, 3.05) is 36.7 Å². The minimum absolute atomic E-state index is 0.00962. The number of amides is 2. The zero-order chi connectivity index (χ0) is 45.6. The monoisotopic (exact) mass is 951 g/mol. The number of ether oxygens (including phenoxy) is 4. The first-order valence-electron chi connectivity index (χ1n) is 18.0. The number of methoxy groups -OCH3 is 2. The molecule has 4 aromatic rings. The summed E-state index contributed by atoms with van der Waals surface area (Å²) in [6, 6.07) is 5.95. The van der Waals surface area contributed by atoms with E-state index < -0.39 is 52.4 Å². The number of carboxylic acids is 1. The van der Waals surface area contributed by atoms with Crippen molar-refractivity contribution in [3.8, 4) is 17.5 Å². The molecule has 6 rings (SSSR count). The van der Waals surface area contributed by atoms with Crippen molar-refractivity contribution in [1.29, 1.82) is 0 Å². The molecule has 2 atom stereocenters. The van der Waals surface area contributed by atoms with Gasteiger partial charge in [0, 0.05) is 18.9 Å². The Bertz CT molecular complexity index is 2510. The lowest BCUT2D eigenvalue weighted by molar-refractivity contribution is -0.138. The first-order valence-corrected chi connectivity index (χ1v) is 22.9. The van der Waals surface area contributed by atoms with Crippen molar-refractivity contribution in [3.05, 3.63) is 68.1 Å². The number of fused-ring (bicyclic) bond motifs is 1. The minimum atomic E-state index is -4.18. The predicted octanol–water partition coefficient (Wildman–Crippen LogP) is 6.82. The van der Waals surface area contributed by atoms with Crippen LogP contribution in [0.5, 0.6) is 17.5 Å². The van der Waals surface area contributed by atoms with Crippen molar-refractivity contribution in [2.24, 2.45) is 5.73 Å². The smallest absolute Gasteiger partial charge is 0.427 e. The summed E-state index contributed by atoms with van der Waals surface area (Å²) < 4.78 is 74.7. The number of rotatable bonds is 12. The van der Waals surface area contributed by atoms with Crippen LogP contribution in [0.2, 0.25) is 15.1 Å². The van der Waals surface area contributed by atoms with Gasteiger partial charge >= 0.3 is 18.0 Å².